The Kier molecular flexibility index (Phi) is 8.14. The lowest BCUT2D eigenvalue weighted by molar-refractivity contribution is -0.133. The molecule has 0 bridgehead atoms. The van der Waals surface area contributed by atoms with Gasteiger partial charge in [0.05, 0.1) is 13.2 Å². The molecule has 0 saturated heterocycles. The Morgan fingerprint density at radius 2 is 1.77 bits per heavy atom. The van der Waals surface area contributed by atoms with Crippen LogP contribution in [-0.2, 0) is 23.1 Å². The molecule has 1 aromatic heterocycles. The van der Waals surface area contributed by atoms with Gasteiger partial charge in [0, 0.05) is 31.3 Å². The molecule has 7 heteroatoms. The molecule has 1 atom stereocenters. The van der Waals surface area contributed by atoms with E-state index >= 15 is 0 Å². The van der Waals surface area contributed by atoms with Crippen molar-refractivity contribution in [2.75, 3.05) is 7.11 Å². The summed E-state index contributed by atoms with van der Waals surface area (Å²) in [6, 6.07) is 5.15. The van der Waals surface area contributed by atoms with Gasteiger partial charge in [-0.05, 0) is 50.5 Å². The monoisotopic (exact) mass is 430 g/mol. The average molecular weight is 431 g/mol. The zero-order valence-corrected chi connectivity index (χ0v) is 19.1. The van der Waals surface area contributed by atoms with Crippen LogP contribution in [0, 0.1) is 19.7 Å². The summed E-state index contributed by atoms with van der Waals surface area (Å²) < 4.78 is 19.8. The van der Waals surface area contributed by atoms with Crippen molar-refractivity contribution in [1.82, 2.24) is 9.47 Å². The number of carbonyl (C=O) groups excluding carboxylic acids is 3. The average Bonchev–Trinajstić information content (AvgIpc) is 2.98. The lowest BCUT2D eigenvalue weighted by atomic mass is 9.99. The van der Waals surface area contributed by atoms with Gasteiger partial charge in [-0.25, -0.2) is 9.18 Å². The maximum Gasteiger partial charge on any atom is 0.354 e. The Morgan fingerprint density at radius 1 is 1.16 bits per heavy atom. The molecule has 31 heavy (non-hydrogen) atoms. The molecule has 2 rings (SSSR count). The van der Waals surface area contributed by atoms with Gasteiger partial charge in [-0.1, -0.05) is 25.5 Å². The standard InChI is InChI=1S/C24H31FN2O4/c1-7-8-9-20(28)27(14-18-10-12-19(25)13-11-18)17(4)23(29)21-15(2)22(24(30)31-6)26(5)16(21)3/h10-13,17H,7-9,14H2,1-6H3/t17-/m1/s1. The van der Waals surface area contributed by atoms with Crippen molar-refractivity contribution in [2.45, 2.75) is 59.5 Å². The molecule has 1 amide bonds. The number of methoxy groups -OCH3 is 1. The Morgan fingerprint density at radius 3 is 2.32 bits per heavy atom. The highest BCUT2D eigenvalue weighted by Gasteiger charge is 2.32. The lowest BCUT2D eigenvalue weighted by Gasteiger charge is -2.29. The van der Waals surface area contributed by atoms with Crippen LogP contribution < -0.4 is 0 Å². The van der Waals surface area contributed by atoms with Crippen molar-refractivity contribution >= 4 is 17.7 Å². The third kappa shape index (κ3) is 5.21. The van der Waals surface area contributed by atoms with Gasteiger partial charge in [-0.3, -0.25) is 9.59 Å². The topological polar surface area (TPSA) is 68.6 Å². The van der Waals surface area contributed by atoms with E-state index in [9.17, 15) is 18.8 Å². The molecular formula is C24H31FN2O4. The van der Waals surface area contributed by atoms with Crippen molar-refractivity contribution in [3.63, 3.8) is 0 Å². The molecular weight excluding hydrogens is 399 g/mol. The molecule has 0 fully saturated rings. The van der Waals surface area contributed by atoms with Crippen molar-refractivity contribution in [3.05, 3.63) is 58.2 Å². The number of carbonyl (C=O) groups is 3. The summed E-state index contributed by atoms with van der Waals surface area (Å²) in [6.45, 7) is 7.37. The number of unbranched alkanes of at least 4 members (excludes halogenated alkanes) is 1. The van der Waals surface area contributed by atoms with Gasteiger partial charge in [0.15, 0.2) is 5.78 Å². The number of aromatic nitrogens is 1. The van der Waals surface area contributed by atoms with Crippen molar-refractivity contribution in [2.24, 2.45) is 7.05 Å². The highest BCUT2D eigenvalue weighted by Crippen LogP contribution is 2.25. The number of Topliss-reactive ketones (excluding diaryl/α,β-unsaturated/α-hetero) is 1. The number of esters is 1. The summed E-state index contributed by atoms with van der Waals surface area (Å²) in [5.41, 5.74) is 2.65. The normalized spacial score (nSPS) is 11.8. The first-order valence-corrected chi connectivity index (χ1v) is 10.5. The molecule has 0 saturated carbocycles. The maximum atomic E-state index is 13.5. The van der Waals surface area contributed by atoms with E-state index in [-0.39, 0.29) is 24.1 Å². The van der Waals surface area contributed by atoms with E-state index in [4.69, 9.17) is 4.74 Å². The zero-order valence-electron chi connectivity index (χ0n) is 19.1. The molecule has 1 aromatic carbocycles. The van der Waals surface area contributed by atoms with Crippen LogP contribution in [0.2, 0.25) is 0 Å². The van der Waals surface area contributed by atoms with Gasteiger partial charge >= 0.3 is 5.97 Å². The van der Waals surface area contributed by atoms with E-state index in [0.717, 1.165) is 18.4 Å². The smallest absolute Gasteiger partial charge is 0.354 e. The first-order chi connectivity index (χ1) is 14.6. The number of halogens is 1. The number of amides is 1. The van der Waals surface area contributed by atoms with Crippen LogP contribution in [0.5, 0.6) is 0 Å². The Balaban J connectivity index is 2.42. The zero-order chi connectivity index (χ0) is 23.3. The van der Waals surface area contributed by atoms with Gasteiger partial charge in [-0.15, -0.1) is 0 Å². The third-order valence-electron chi connectivity index (χ3n) is 5.73. The molecule has 0 spiro atoms. The highest BCUT2D eigenvalue weighted by atomic mass is 19.1. The third-order valence-corrected chi connectivity index (χ3v) is 5.73. The number of benzene rings is 1. The molecule has 168 valence electrons. The number of nitrogens with zero attached hydrogens (tertiary/aromatic N) is 2. The predicted octanol–water partition coefficient (Wildman–Crippen LogP) is 4.36. The summed E-state index contributed by atoms with van der Waals surface area (Å²) >= 11 is 0. The number of hydrogen-bond acceptors (Lipinski definition) is 4. The van der Waals surface area contributed by atoms with Gasteiger partial charge in [0.2, 0.25) is 5.91 Å². The van der Waals surface area contributed by atoms with Gasteiger partial charge in [0.25, 0.3) is 0 Å². The minimum atomic E-state index is -0.750. The lowest BCUT2D eigenvalue weighted by Crippen LogP contribution is -2.43. The molecule has 1 heterocycles. The van der Waals surface area contributed by atoms with Crippen LogP contribution in [0.4, 0.5) is 4.39 Å². The quantitative estimate of drug-likeness (QED) is 0.438. The summed E-state index contributed by atoms with van der Waals surface area (Å²) in [5.74, 6) is -1.25. The molecule has 0 N–H and O–H groups in total. The second kappa shape index (κ2) is 10.4. The fraction of sp³-hybridized carbons (Fsp3) is 0.458. The van der Waals surface area contributed by atoms with Crippen LogP contribution >= 0.6 is 0 Å². The molecule has 0 radical (unpaired) electrons. The second-order valence-electron chi connectivity index (χ2n) is 7.78. The minimum Gasteiger partial charge on any atom is -0.464 e. The fourth-order valence-electron chi connectivity index (χ4n) is 3.78. The Hall–Kier alpha value is -2.96. The summed E-state index contributed by atoms with van der Waals surface area (Å²) in [7, 11) is 3.00. The molecule has 2 aromatic rings. The molecule has 0 aliphatic carbocycles. The second-order valence-corrected chi connectivity index (χ2v) is 7.78. The van der Waals surface area contributed by atoms with E-state index in [0.29, 0.717) is 28.9 Å². The van der Waals surface area contributed by atoms with E-state index in [1.54, 1.807) is 44.5 Å². The number of hydrogen-bond donors (Lipinski definition) is 0. The minimum absolute atomic E-state index is 0.133. The molecule has 0 unspecified atom stereocenters. The molecule has 6 nitrogen and oxygen atoms in total. The first kappa shape index (κ1) is 24.3. The predicted molar refractivity (Wildman–Crippen MR) is 116 cm³/mol. The molecule has 0 aliphatic heterocycles. The highest BCUT2D eigenvalue weighted by molar-refractivity contribution is 6.06. The first-order valence-electron chi connectivity index (χ1n) is 10.5. The fourth-order valence-corrected chi connectivity index (χ4v) is 3.78. The van der Waals surface area contributed by atoms with Crippen LogP contribution in [-0.4, -0.2) is 40.3 Å². The maximum absolute atomic E-state index is 13.5. The number of rotatable bonds is 9. The van der Waals surface area contributed by atoms with Crippen LogP contribution in [0.1, 0.15) is 70.8 Å². The van der Waals surface area contributed by atoms with Gasteiger partial charge < -0.3 is 14.2 Å². The molecule has 0 aliphatic rings. The van der Waals surface area contributed by atoms with E-state index < -0.39 is 12.0 Å². The van der Waals surface area contributed by atoms with Crippen LogP contribution in [0.15, 0.2) is 24.3 Å². The number of ketones is 1. The van der Waals surface area contributed by atoms with Crippen LogP contribution in [0.25, 0.3) is 0 Å². The van der Waals surface area contributed by atoms with E-state index in [1.165, 1.54) is 24.1 Å². The summed E-state index contributed by atoms with van der Waals surface area (Å²) in [5, 5.41) is 0. The number of ether oxygens (including phenoxy) is 1. The summed E-state index contributed by atoms with van der Waals surface area (Å²) in [6.07, 6.45) is 1.91. The SMILES string of the molecule is CCCCC(=O)N(Cc1ccc(F)cc1)[C@H](C)C(=O)c1c(C)c(C(=O)OC)n(C)c1C. The Bertz CT molecular complexity index is 963. The van der Waals surface area contributed by atoms with Gasteiger partial charge in [0.1, 0.15) is 11.5 Å². The van der Waals surface area contributed by atoms with Crippen molar-refractivity contribution < 1.29 is 23.5 Å². The largest absolute Gasteiger partial charge is 0.464 e. The van der Waals surface area contributed by atoms with Crippen molar-refractivity contribution in [1.29, 1.82) is 0 Å². The van der Waals surface area contributed by atoms with E-state index in [2.05, 4.69) is 0 Å². The summed E-state index contributed by atoms with van der Waals surface area (Å²) in [4.78, 5) is 40.2. The van der Waals surface area contributed by atoms with Gasteiger partial charge in [-0.2, -0.15) is 0 Å². The van der Waals surface area contributed by atoms with Crippen molar-refractivity contribution in [3.8, 4) is 0 Å². The van der Waals surface area contributed by atoms with Crippen LogP contribution in [0.3, 0.4) is 0 Å². The van der Waals surface area contributed by atoms with E-state index in [1.807, 2.05) is 6.92 Å². The Labute approximate surface area is 183 Å².